The topological polar surface area (TPSA) is 67.4 Å². The van der Waals surface area contributed by atoms with E-state index in [4.69, 9.17) is 4.74 Å². The number of allylic oxidation sites excluding steroid dienone is 2. The molecule has 0 heterocycles. The van der Waals surface area contributed by atoms with Gasteiger partial charge in [-0.1, -0.05) is 18.7 Å². The van der Waals surface area contributed by atoms with E-state index in [0.717, 1.165) is 12.0 Å². The maximum absolute atomic E-state index is 11.5. The van der Waals surface area contributed by atoms with Gasteiger partial charge >= 0.3 is 12.0 Å². The Bertz CT molecular complexity index is 392. The third-order valence-corrected chi connectivity index (χ3v) is 3.74. The Kier molecular flexibility index (Phi) is 4.60. The van der Waals surface area contributed by atoms with Crippen LogP contribution in [0.2, 0.25) is 0 Å². The number of carbonyl (C=O) groups excluding carboxylic acids is 2. The van der Waals surface area contributed by atoms with E-state index in [2.05, 4.69) is 29.4 Å². The van der Waals surface area contributed by atoms with E-state index in [1.165, 1.54) is 12.8 Å². The van der Waals surface area contributed by atoms with E-state index in [1.807, 2.05) is 0 Å². The summed E-state index contributed by atoms with van der Waals surface area (Å²) in [5.74, 6) is 1.45. The first-order chi connectivity index (χ1) is 9.19. The molecule has 2 rings (SSSR count). The predicted octanol–water partition coefficient (Wildman–Crippen LogP) is 1.23. The molecule has 0 aromatic rings. The van der Waals surface area contributed by atoms with Crippen molar-refractivity contribution in [3.63, 3.8) is 0 Å². The summed E-state index contributed by atoms with van der Waals surface area (Å²) in [5, 5.41) is 5.52. The predicted molar refractivity (Wildman–Crippen MR) is 71.4 cm³/mol. The second-order valence-corrected chi connectivity index (χ2v) is 5.05. The molecule has 0 aliphatic heterocycles. The molecule has 3 unspecified atom stereocenters. The second kappa shape index (κ2) is 6.41. The molecule has 2 N–H and O–H groups in total. The van der Waals surface area contributed by atoms with Crippen LogP contribution >= 0.6 is 0 Å². The fourth-order valence-corrected chi connectivity index (χ4v) is 2.79. The summed E-state index contributed by atoms with van der Waals surface area (Å²) in [6.07, 6.45) is 8.08. The number of nitrogens with one attached hydrogen (secondary N) is 2. The Morgan fingerprint density at radius 3 is 2.79 bits per heavy atom. The van der Waals surface area contributed by atoms with Crippen molar-refractivity contribution in [2.45, 2.75) is 12.8 Å². The molecule has 1 fully saturated rings. The van der Waals surface area contributed by atoms with Crippen LogP contribution in [-0.4, -0.2) is 31.7 Å². The van der Waals surface area contributed by atoms with Crippen LogP contribution in [0.1, 0.15) is 12.8 Å². The summed E-state index contributed by atoms with van der Waals surface area (Å²) in [5.41, 5.74) is 0. The minimum absolute atomic E-state index is 0.162. The number of urea groups is 1. The summed E-state index contributed by atoms with van der Waals surface area (Å²) >= 11 is 0. The van der Waals surface area contributed by atoms with Crippen molar-refractivity contribution in [1.29, 1.82) is 0 Å². The molecular formula is C14H20N2O3. The van der Waals surface area contributed by atoms with Crippen molar-refractivity contribution < 1.29 is 14.3 Å². The van der Waals surface area contributed by atoms with Crippen molar-refractivity contribution in [3.05, 3.63) is 24.8 Å². The Balaban J connectivity index is 1.54. The summed E-state index contributed by atoms with van der Waals surface area (Å²) in [4.78, 5) is 22.3. The van der Waals surface area contributed by atoms with E-state index in [9.17, 15) is 9.59 Å². The van der Waals surface area contributed by atoms with Crippen LogP contribution in [0.4, 0.5) is 4.79 Å². The van der Waals surface area contributed by atoms with Gasteiger partial charge in [-0.2, -0.15) is 0 Å². The molecular weight excluding hydrogens is 244 g/mol. The van der Waals surface area contributed by atoms with Crippen molar-refractivity contribution in [3.8, 4) is 0 Å². The van der Waals surface area contributed by atoms with Gasteiger partial charge in [0.25, 0.3) is 0 Å². The van der Waals surface area contributed by atoms with E-state index in [0.29, 0.717) is 24.9 Å². The van der Waals surface area contributed by atoms with Gasteiger partial charge in [-0.3, -0.25) is 0 Å². The van der Waals surface area contributed by atoms with Crippen molar-refractivity contribution in [1.82, 2.24) is 10.6 Å². The minimum atomic E-state index is -0.476. The van der Waals surface area contributed by atoms with E-state index in [-0.39, 0.29) is 12.6 Å². The summed E-state index contributed by atoms with van der Waals surface area (Å²) < 4.78 is 4.75. The SMILES string of the molecule is C=CC(=O)OCCNC(=O)NCC1CC2C=CC1C2. The largest absolute Gasteiger partial charge is 0.461 e. The number of rotatable bonds is 6. The number of fused-ring (bicyclic) bond motifs is 2. The fraction of sp³-hybridized carbons (Fsp3) is 0.571. The van der Waals surface area contributed by atoms with Gasteiger partial charge in [0.15, 0.2) is 0 Å². The lowest BCUT2D eigenvalue weighted by Gasteiger charge is -2.18. The third-order valence-electron chi connectivity index (χ3n) is 3.74. The van der Waals surface area contributed by atoms with Crippen molar-refractivity contribution in [2.75, 3.05) is 19.7 Å². The zero-order valence-electron chi connectivity index (χ0n) is 10.9. The maximum atomic E-state index is 11.5. The normalized spacial score (nSPS) is 27.1. The molecule has 1 saturated carbocycles. The maximum Gasteiger partial charge on any atom is 0.330 e. The van der Waals surface area contributed by atoms with Crippen LogP contribution in [0.15, 0.2) is 24.8 Å². The van der Waals surface area contributed by atoms with E-state index in [1.54, 1.807) is 0 Å². The molecule has 3 atom stereocenters. The fourth-order valence-electron chi connectivity index (χ4n) is 2.79. The van der Waals surface area contributed by atoms with Crippen molar-refractivity contribution in [2.24, 2.45) is 17.8 Å². The van der Waals surface area contributed by atoms with Crippen LogP contribution in [0, 0.1) is 17.8 Å². The summed E-state index contributed by atoms with van der Waals surface area (Å²) in [6, 6.07) is -0.207. The molecule has 0 saturated heterocycles. The molecule has 2 amide bonds. The smallest absolute Gasteiger partial charge is 0.330 e. The van der Waals surface area contributed by atoms with Crippen LogP contribution in [0.5, 0.6) is 0 Å². The molecule has 19 heavy (non-hydrogen) atoms. The molecule has 2 aliphatic carbocycles. The van der Waals surface area contributed by atoms with Gasteiger partial charge in [0.1, 0.15) is 6.61 Å². The lowest BCUT2D eigenvalue weighted by atomic mass is 9.94. The highest BCUT2D eigenvalue weighted by molar-refractivity contribution is 5.81. The Hall–Kier alpha value is -1.78. The Morgan fingerprint density at radius 1 is 1.32 bits per heavy atom. The van der Waals surface area contributed by atoms with Gasteiger partial charge < -0.3 is 15.4 Å². The van der Waals surface area contributed by atoms with E-state index >= 15 is 0 Å². The first kappa shape index (κ1) is 13.6. The number of esters is 1. The first-order valence-corrected chi connectivity index (χ1v) is 6.68. The molecule has 0 radical (unpaired) electrons. The Labute approximate surface area is 113 Å². The lowest BCUT2D eigenvalue weighted by molar-refractivity contribution is -0.137. The molecule has 5 nitrogen and oxygen atoms in total. The van der Waals surface area contributed by atoms with Gasteiger partial charge in [-0.15, -0.1) is 0 Å². The average molecular weight is 264 g/mol. The quantitative estimate of drug-likeness (QED) is 0.328. The average Bonchev–Trinajstić information content (AvgIpc) is 3.03. The van der Waals surface area contributed by atoms with Gasteiger partial charge in [0.05, 0.1) is 6.54 Å². The molecule has 104 valence electrons. The number of carbonyl (C=O) groups is 2. The zero-order valence-corrected chi connectivity index (χ0v) is 10.9. The van der Waals surface area contributed by atoms with Gasteiger partial charge in [0, 0.05) is 12.6 Å². The zero-order chi connectivity index (χ0) is 13.7. The number of ether oxygens (including phenoxy) is 1. The molecule has 5 heteroatoms. The monoisotopic (exact) mass is 264 g/mol. The van der Waals surface area contributed by atoms with Crippen LogP contribution < -0.4 is 10.6 Å². The molecule has 0 aromatic heterocycles. The highest BCUT2D eigenvalue weighted by Gasteiger charge is 2.35. The molecule has 0 aromatic carbocycles. The molecule has 2 bridgehead atoms. The molecule has 2 aliphatic rings. The minimum Gasteiger partial charge on any atom is -0.461 e. The first-order valence-electron chi connectivity index (χ1n) is 6.68. The number of amides is 2. The standard InChI is InChI=1S/C14H20N2O3/c1-2-13(17)19-6-5-15-14(18)16-9-12-8-10-3-4-11(12)7-10/h2-4,10-12H,1,5-9H2,(H2,15,16,18). The van der Waals surface area contributed by atoms with Crippen LogP contribution in [0.25, 0.3) is 0 Å². The Morgan fingerprint density at radius 2 is 2.16 bits per heavy atom. The van der Waals surface area contributed by atoms with Gasteiger partial charge in [-0.25, -0.2) is 9.59 Å². The van der Waals surface area contributed by atoms with Crippen LogP contribution in [0.3, 0.4) is 0 Å². The van der Waals surface area contributed by atoms with Gasteiger partial charge in [0.2, 0.25) is 0 Å². The summed E-state index contributed by atoms with van der Waals surface area (Å²) in [6.45, 7) is 4.47. The summed E-state index contributed by atoms with van der Waals surface area (Å²) in [7, 11) is 0. The second-order valence-electron chi connectivity index (χ2n) is 5.05. The van der Waals surface area contributed by atoms with Crippen LogP contribution in [-0.2, 0) is 9.53 Å². The number of hydrogen-bond acceptors (Lipinski definition) is 3. The van der Waals surface area contributed by atoms with Gasteiger partial charge in [-0.05, 0) is 30.6 Å². The lowest BCUT2D eigenvalue weighted by Crippen LogP contribution is -2.40. The molecule has 0 spiro atoms. The number of hydrogen-bond donors (Lipinski definition) is 2. The van der Waals surface area contributed by atoms with E-state index < -0.39 is 5.97 Å². The highest BCUT2D eigenvalue weighted by atomic mass is 16.5. The third kappa shape index (κ3) is 3.84. The highest BCUT2D eigenvalue weighted by Crippen LogP contribution is 2.42. The van der Waals surface area contributed by atoms with Crippen molar-refractivity contribution >= 4 is 12.0 Å².